The van der Waals surface area contributed by atoms with Crippen molar-refractivity contribution >= 4 is 0 Å². The Morgan fingerprint density at radius 3 is 2.37 bits per heavy atom. The molecule has 2 unspecified atom stereocenters. The Labute approximate surface area is 184 Å². The topological polar surface area (TPSA) is 60.7 Å². The van der Waals surface area contributed by atoms with E-state index in [9.17, 15) is 15.3 Å². The fourth-order valence-corrected chi connectivity index (χ4v) is 6.81. The SMILES string of the molecule is C=C1C(O)CC(=C/C=C2\CCCC3(C)[C@H]2CC[C@]3(C)[C@H](C)CCC[C@H](C)O)C[C@H]1O. The molecule has 0 radical (unpaired) electrons. The van der Waals surface area contributed by atoms with Gasteiger partial charge in [-0.2, -0.15) is 0 Å². The molecule has 0 bridgehead atoms. The normalized spacial score (nSPS) is 41.8. The number of aliphatic hydroxyl groups excluding tert-OH is 3. The number of allylic oxidation sites excluding steroid dienone is 3. The standard InChI is InChI=1S/C27H44O3/c1-18(8-6-9-19(2)28)26(4)15-13-23-22(10-7-14-27(23,26)5)12-11-21-16-24(29)20(3)25(30)17-21/h11-12,18-19,23-25,28-30H,3,6-10,13-17H2,1-2,4-5H3/b21-11?,22-12+/t18-,19+,23+,24-,25?,26-,27?/m1/s1. The van der Waals surface area contributed by atoms with Crippen LogP contribution < -0.4 is 0 Å². The molecule has 0 aliphatic heterocycles. The summed E-state index contributed by atoms with van der Waals surface area (Å²) in [5.74, 6) is 1.30. The quantitative estimate of drug-likeness (QED) is 0.486. The lowest BCUT2D eigenvalue weighted by Crippen LogP contribution is -2.43. The molecule has 0 aromatic heterocycles. The molecule has 3 N–H and O–H groups in total. The summed E-state index contributed by atoms with van der Waals surface area (Å²) in [5, 5.41) is 29.9. The minimum absolute atomic E-state index is 0.192. The molecule has 3 aliphatic carbocycles. The maximum atomic E-state index is 10.1. The molecule has 0 amide bonds. The Bertz CT molecular complexity index is 674. The van der Waals surface area contributed by atoms with Gasteiger partial charge in [-0.1, -0.05) is 63.5 Å². The van der Waals surface area contributed by atoms with Crippen LogP contribution in [0.4, 0.5) is 0 Å². The molecule has 3 nitrogen and oxygen atoms in total. The molecular weight excluding hydrogens is 372 g/mol. The van der Waals surface area contributed by atoms with E-state index in [-0.39, 0.29) is 6.10 Å². The second-order valence-corrected chi connectivity index (χ2v) is 11.0. The molecule has 0 spiro atoms. The monoisotopic (exact) mass is 416 g/mol. The predicted molar refractivity (Wildman–Crippen MR) is 124 cm³/mol. The molecule has 0 heterocycles. The number of hydrogen-bond acceptors (Lipinski definition) is 3. The first-order valence-electron chi connectivity index (χ1n) is 12.2. The van der Waals surface area contributed by atoms with Crippen LogP contribution in [0.15, 0.2) is 35.5 Å². The van der Waals surface area contributed by atoms with Crippen LogP contribution in [0.1, 0.15) is 91.9 Å². The van der Waals surface area contributed by atoms with Crippen LogP contribution in [0, 0.1) is 22.7 Å². The molecule has 7 atom stereocenters. The van der Waals surface area contributed by atoms with E-state index in [4.69, 9.17) is 0 Å². The van der Waals surface area contributed by atoms with E-state index < -0.39 is 12.2 Å². The van der Waals surface area contributed by atoms with E-state index in [0.717, 1.165) is 18.4 Å². The Balaban J connectivity index is 1.75. The first kappa shape index (κ1) is 23.8. The molecule has 3 rings (SSSR count). The van der Waals surface area contributed by atoms with E-state index in [1.165, 1.54) is 38.5 Å². The lowest BCUT2D eigenvalue weighted by Gasteiger charge is -2.51. The highest BCUT2D eigenvalue weighted by atomic mass is 16.3. The molecule has 3 aliphatic rings. The Morgan fingerprint density at radius 1 is 1.07 bits per heavy atom. The molecule has 3 saturated carbocycles. The van der Waals surface area contributed by atoms with Crippen LogP contribution in [0.25, 0.3) is 0 Å². The number of aliphatic hydroxyl groups is 3. The zero-order valence-electron chi connectivity index (χ0n) is 19.7. The first-order valence-corrected chi connectivity index (χ1v) is 12.2. The lowest BCUT2D eigenvalue weighted by atomic mass is 9.53. The molecule has 0 saturated heterocycles. The second kappa shape index (κ2) is 9.30. The summed E-state index contributed by atoms with van der Waals surface area (Å²) in [5.41, 5.74) is 3.94. The maximum Gasteiger partial charge on any atom is 0.0809 e. The average Bonchev–Trinajstić information content (AvgIpc) is 2.96. The highest BCUT2D eigenvalue weighted by molar-refractivity contribution is 5.30. The van der Waals surface area contributed by atoms with Crippen LogP contribution in [-0.2, 0) is 0 Å². The summed E-state index contributed by atoms with van der Waals surface area (Å²) in [6.07, 6.45) is 13.8. The summed E-state index contributed by atoms with van der Waals surface area (Å²) in [4.78, 5) is 0. The minimum Gasteiger partial charge on any atom is -0.393 e. The molecule has 3 heteroatoms. The van der Waals surface area contributed by atoms with Gasteiger partial charge in [0.2, 0.25) is 0 Å². The van der Waals surface area contributed by atoms with Gasteiger partial charge >= 0.3 is 0 Å². The van der Waals surface area contributed by atoms with Gasteiger partial charge in [-0.3, -0.25) is 0 Å². The van der Waals surface area contributed by atoms with Gasteiger partial charge in [0.05, 0.1) is 18.3 Å². The summed E-state index contributed by atoms with van der Waals surface area (Å²) in [6.45, 7) is 13.2. The van der Waals surface area contributed by atoms with Crippen molar-refractivity contribution in [3.8, 4) is 0 Å². The molecular formula is C27H44O3. The van der Waals surface area contributed by atoms with Crippen LogP contribution in [0.3, 0.4) is 0 Å². The summed E-state index contributed by atoms with van der Waals surface area (Å²) in [7, 11) is 0. The van der Waals surface area contributed by atoms with Crippen molar-refractivity contribution in [2.24, 2.45) is 22.7 Å². The van der Waals surface area contributed by atoms with E-state index >= 15 is 0 Å². The Hall–Kier alpha value is -0.900. The van der Waals surface area contributed by atoms with Gasteiger partial charge in [0.15, 0.2) is 0 Å². The molecule has 3 fully saturated rings. The van der Waals surface area contributed by atoms with Gasteiger partial charge in [0.25, 0.3) is 0 Å². The summed E-state index contributed by atoms with van der Waals surface area (Å²) >= 11 is 0. The number of hydrogen-bond donors (Lipinski definition) is 3. The molecule has 170 valence electrons. The van der Waals surface area contributed by atoms with Crippen molar-refractivity contribution < 1.29 is 15.3 Å². The van der Waals surface area contributed by atoms with Crippen molar-refractivity contribution in [2.45, 2.75) is 110 Å². The first-order chi connectivity index (χ1) is 14.1. The van der Waals surface area contributed by atoms with E-state index in [1.807, 2.05) is 6.92 Å². The second-order valence-electron chi connectivity index (χ2n) is 11.0. The zero-order chi connectivity index (χ0) is 22.1. The van der Waals surface area contributed by atoms with Crippen molar-refractivity contribution in [1.82, 2.24) is 0 Å². The third-order valence-electron chi connectivity index (χ3n) is 9.28. The van der Waals surface area contributed by atoms with Gasteiger partial charge in [0.1, 0.15) is 0 Å². The van der Waals surface area contributed by atoms with Crippen molar-refractivity contribution in [3.05, 3.63) is 35.5 Å². The highest BCUT2D eigenvalue weighted by Crippen LogP contribution is 2.66. The Morgan fingerprint density at radius 2 is 1.73 bits per heavy atom. The van der Waals surface area contributed by atoms with Crippen LogP contribution >= 0.6 is 0 Å². The van der Waals surface area contributed by atoms with Gasteiger partial charge in [0, 0.05) is 0 Å². The van der Waals surface area contributed by atoms with E-state index in [1.54, 1.807) is 5.57 Å². The van der Waals surface area contributed by atoms with Crippen molar-refractivity contribution in [2.75, 3.05) is 0 Å². The largest absolute Gasteiger partial charge is 0.393 e. The molecule has 0 aromatic carbocycles. The number of rotatable bonds is 6. The van der Waals surface area contributed by atoms with Crippen LogP contribution in [-0.4, -0.2) is 33.6 Å². The van der Waals surface area contributed by atoms with E-state index in [0.29, 0.717) is 41.1 Å². The third kappa shape index (κ3) is 4.49. The lowest BCUT2D eigenvalue weighted by molar-refractivity contribution is 0.00109. The fourth-order valence-electron chi connectivity index (χ4n) is 6.81. The zero-order valence-corrected chi connectivity index (χ0v) is 19.7. The predicted octanol–water partition coefficient (Wildman–Crippen LogP) is 5.70. The van der Waals surface area contributed by atoms with Crippen molar-refractivity contribution in [3.63, 3.8) is 0 Å². The third-order valence-corrected chi connectivity index (χ3v) is 9.28. The maximum absolute atomic E-state index is 10.1. The average molecular weight is 417 g/mol. The van der Waals surface area contributed by atoms with Gasteiger partial charge in [-0.05, 0) is 86.5 Å². The van der Waals surface area contributed by atoms with Gasteiger partial charge in [-0.25, -0.2) is 0 Å². The summed E-state index contributed by atoms with van der Waals surface area (Å²) < 4.78 is 0. The molecule has 30 heavy (non-hydrogen) atoms. The smallest absolute Gasteiger partial charge is 0.0809 e. The van der Waals surface area contributed by atoms with Crippen LogP contribution in [0.2, 0.25) is 0 Å². The highest BCUT2D eigenvalue weighted by Gasteiger charge is 2.57. The summed E-state index contributed by atoms with van der Waals surface area (Å²) in [6, 6.07) is 0. The van der Waals surface area contributed by atoms with Crippen molar-refractivity contribution in [1.29, 1.82) is 0 Å². The Kier molecular flexibility index (Phi) is 7.37. The molecule has 0 aromatic rings. The minimum atomic E-state index is -0.618. The van der Waals surface area contributed by atoms with Gasteiger partial charge in [-0.15, -0.1) is 0 Å². The van der Waals surface area contributed by atoms with Crippen LogP contribution in [0.5, 0.6) is 0 Å². The number of fused-ring (bicyclic) bond motifs is 1. The van der Waals surface area contributed by atoms with E-state index in [2.05, 4.69) is 39.5 Å². The fraction of sp³-hybridized carbons (Fsp3) is 0.778. The van der Waals surface area contributed by atoms with Gasteiger partial charge < -0.3 is 15.3 Å².